The molecule has 1 amide bonds. The van der Waals surface area contributed by atoms with E-state index < -0.39 is 0 Å². The van der Waals surface area contributed by atoms with E-state index in [9.17, 15) is 4.79 Å². The quantitative estimate of drug-likeness (QED) is 0.313. The third-order valence-corrected chi connectivity index (χ3v) is 6.66. The first-order chi connectivity index (χ1) is 16.7. The van der Waals surface area contributed by atoms with E-state index in [2.05, 4.69) is 23.0 Å². The summed E-state index contributed by atoms with van der Waals surface area (Å²) in [4.78, 5) is 20.0. The van der Waals surface area contributed by atoms with Crippen molar-refractivity contribution in [2.45, 2.75) is 16.3 Å². The summed E-state index contributed by atoms with van der Waals surface area (Å²) < 4.78 is 5.32. The fourth-order valence-electron chi connectivity index (χ4n) is 3.75. The number of nitrogens with zero attached hydrogens (tertiary/aromatic N) is 1. The molecule has 34 heavy (non-hydrogen) atoms. The second-order valence-electron chi connectivity index (χ2n) is 7.76. The maximum atomic E-state index is 12.8. The molecule has 5 rings (SSSR count). The maximum absolute atomic E-state index is 12.8. The van der Waals surface area contributed by atoms with Gasteiger partial charge >= 0.3 is 0 Å². The summed E-state index contributed by atoms with van der Waals surface area (Å²) in [7, 11) is 1.65. The summed E-state index contributed by atoms with van der Waals surface area (Å²) >= 11 is 1.66. The van der Waals surface area contributed by atoms with Crippen LogP contribution < -0.4 is 15.6 Å². The van der Waals surface area contributed by atoms with E-state index >= 15 is 0 Å². The van der Waals surface area contributed by atoms with Crippen molar-refractivity contribution < 1.29 is 9.53 Å². The van der Waals surface area contributed by atoms with Crippen LogP contribution in [0.2, 0.25) is 0 Å². The van der Waals surface area contributed by atoms with Gasteiger partial charge in [-0.3, -0.25) is 10.2 Å². The summed E-state index contributed by atoms with van der Waals surface area (Å²) in [6.07, 6.45) is 0. The first-order valence-corrected chi connectivity index (χ1v) is 11.7. The monoisotopic (exact) mass is 465 g/mol. The Kier molecular flexibility index (Phi) is 6.42. The summed E-state index contributed by atoms with van der Waals surface area (Å²) in [5.41, 5.74) is 11.1. The first-order valence-electron chi connectivity index (χ1n) is 10.9. The highest BCUT2D eigenvalue weighted by Crippen LogP contribution is 2.41. The Balaban J connectivity index is 1.45. The van der Waals surface area contributed by atoms with E-state index in [0.717, 1.165) is 43.6 Å². The number of aliphatic imine (C=N–C) groups is 1. The molecular weight excluding hydrogens is 442 g/mol. The largest absolute Gasteiger partial charge is 0.497 e. The Morgan fingerprint density at radius 1 is 0.882 bits per heavy atom. The zero-order valence-electron chi connectivity index (χ0n) is 18.6. The highest BCUT2D eigenvalue weighted by atomic mass is 32.2. The number of carbonyl (C=O) groups excluding carboxylic acids is 1. The number of carbonyl (C=O) groups is 1. The van der Waals surface area contributed by atoms with Crippen LogP contribution in [0.4, 0.5) is 5.69 Å². The number of ether oxygens (including phenoxy) is 1. The van der Waals surface area contributed by atoms with Gasteiger partial charge in [0, 0.05) is 33.0 Å². The van der Waals surface area contributed by atoms with Crippen LogP contribution in [0.5, 0.6) is 5.75 Å². The van der Waals surface area contributed by atoms with Crippen molar-refractivity contribution in [2.75, 3.05) is 7.11 Å². The van der Waals surface area contributed by atoms with Gasteiger partial charge in [-0.15, -0.1) is 0 Å². The van der Waals surface area contributed by atoms with Crippen LogP contribution in [0.3, 0.4) is 0 Å². The van der Waals surface area contributed by atoms with Crippen LogP contribution in [-0.4, -0.2) is 18.7 Å². The molecule has 1 heterocycles. The average Bonchev–Trinajstić information content (AvgIpc) is 3.05. The van der Waals surface area contributed by atoms with Gasteiger partial charge < -0.3 is 4.74 Å². The standard InChI is InChI=1S/C28H23N3O2S/c1-33-22-14-11-20(12-15-22)27-23-9-5-6-10-25(23)34-26-16-13-21(17-24(26)30-27)28(32)31-29-18-19-7-3-2-4-8-19/h2-17,29H,18H2,1H3,(H,31,32). The Hall–Kier alpha value is -3.87. The highest BCUT2D eigenvalue weighted by molar-refractivity contribution is 7.99. The normalized spacial score (nSPS) is 12.1. The van der Waals surface area contributed by atoms with Gasteiger partial charge in [-0.2, -0.15) is 0 Å². The predicted molar refractivity (Wildman–Crippen MR) is 136 cm³/mol. The molecule has 0 aliphatic carbocycles. The zero-order chi connectivity index (χ0) is 23.3. The van der Waals surface area contributed by atoms with Crippen LogP contribution in [0.15, 0.2) is 112 Å². The molecule has 1 aliphatic rings. The van der Waals surface area contributed by atoms with Crippen LogP contribution in [0.25, 0.3) is 0 Å². The van der Waals surface area contributed by atoms with Gasteiger partial charge in [-0.05, 0) is 54.1 Å². The topological polar surface area (TPSA) is 62.7 Å². The van der Waals surface area contributed by atoms with Crippen LogP contribution >= 0.6 is 11.8 Å². The lowest BCUT2D eigenvalue weighted by Gasteiger charge is -2.10. The molecule has 0 saturated heterocycles. The van der Waals surface area contributed by atoms with Crippen molar-refractivity contribution in [3.8, 4) is 5.75 Å². The van der Waals surface area contributed by atoms with E-state index in [-0.39, 0.29) is 5.91 Å². The molecule has 4 aromatic carbocycles. The molecule has 0 spiro atoms. The van der Waals surface area contributed by atoms with Crippen molar-refractivity contribution in [2.24, 2.45) is 4.99 Å². The molecule has 0 saturated carbocycles. The molecule has 2 N–H and O–H groups in total. The molecule has 4 aromatic rings. The van der Waals surface area contributed by atoms with E-state index in [1.807, 2.05) is 84.9 Å². The highest BCUT2D eigenvalue weighted by Gasteiger charge is 2.20. The Morgan fingerprint density at radius 3 is 2.44 bits per heavy atom. The second kappa shape index (κ2) is 9.95. The molecule has 6 heteroatoms. The number of amides is 1. The minimum absolute atomic E-state index is 0.202. The van der Waals surface area contributed by atoms with E-state index in [1.165, 1.54) is 0 Å². The third-order valence-electron chi connectivity index (χ3n) is 5.52. The lowest BCUT2D eigenvalue weighted by Crippen LogP contribution is -2.36. The molecule has 0 radical (unpaired) electrons. The Labute approximate surface area is 202 Å². The van der Waals surface area contributed by atoms with Crippen molar-refractivity contribution in [3.63, 3.8) is 0 Å². The fraction of sp³-hybridized carbons (Fsp3) is 0.0714. The Bertz CT molecular complexity index is 1350. The number of nitrogens with one attached hydrogen (secondary N) is 2. The molecular formula is C28H23N3O2S. The Morgan fingerprint density at radius 2 is 1.65 bits per heavy atom. The number of fused-ring (bicyclic) bond motifs is 2. The minimum atomic E-state index is -0.202. The smallest absolute Gasteiger partial charge is 0.265 e. The third kappa shape index (κ3) is 4.73. The van der Waals surface area contributed by atoms with Gasteiger partial charge in [0.25, 0.3) is 5.91 Å². The van der Waals surface area contributed by atoms with Crippen LogP contribution in [-0.2, 0) is 6.54 Å². The summed E-state index contributed by atoms with van der Waals surface area (Å²) in [6.45, 7) is 0.544. The summed E-state index contributed by atoms with van der Waals surface area (Å²) in [6, 6.07) is 31.7. The number of hydrazine groups is 1. The minimum Gasteiger partial charge on any atom is -0.497 e. The van der Waals surface area contributed by atoms with Crippen LogP contribution in [0, 0.1) is 0 Å². The van der Waals surface area contributed by atoms with Gasteiger partial charge in [0.05, 0.1) is 18.5 Å². The number of methoxy groups -OCH3 is 1. The fourth-order valence-corrected chi connectivity index (χ4v) is 4.75. The summed E-state index contributed by atoms with van der Waals surface area (Å²) in [5.74, 6) is 0.592. The molecule has 5 nitrogen and oxygen atoms in total. The molecule has 0 aromatic heterocycles. The van der Waals surface area contributed by atoms with Crippen molar-refractivity contribution in [3.05, 3.63) is 119 Å². The van der Waals surface area contributed by atoms with Crippen molar-refractivity contribution >= 4 is 29.1 Å². The second-order valence-corrected chi connectivity index (χ2v) is 8.85. The van der Waals surface area contributed by atoms with Crippen LogP contribution in [0.1, 0.15) is 27.0 Å². The first kappa shape index (κ1) is 21.9. The number of hydrogen-bond acceptors (Lipinski definition) is 5. The van der Waals surface area contributed by atoms with Gasteiger partial charge in [0.2, 0.25) is 0 Å². The van der Waals surface area contributed by atoms with E-state index in [0.29, 0.717) is 12.1 Å². The summed E-state index contributed by atoms with van der Waals surface area (Å²) in [5, 5.41) is 0. The van der Waals surface area contributed by atoms with Gasteiger partial charge in [0.1, 0.15) is 5.75 Å². The number of rotatable bonds is 6. The lowest BCUT2D eigenvalue weighted by molar-refractivity contribution is 0.0932. The molecule has 0 atom stereocenters. The van der Waals surface area contributed by atoms with Gasteiger partial charge in [-0.25, -0.2) is 10.4 Å². The predicted octanol–water partition coefficient (Wildman–Crippen LogP) is 5.76. The lowest BCUT2D eigenvalue weighted by atomic mass is 10.0. The molecule has 0 bridgehead atoms. The van der Waals surface area contributed by atoms with Crippen molar-refractivity contribution in [1.29, 1.82) is 0 Å². The van der Waals surface area contributed by atoms with Gasteiger partial charge in [0.15, 0.2) is 0 Å². The molecule has 1 aliphatic heterocycles. The number of benzene rings is 4. The molecule has 0 fully saturated rings. The van der Waals surface area contributed by atoms with E-state index in [4.69, 9.17) is 9.73 Å². The average molecular weight is 466 g/mol. The van der Waals surface area contributed by atoms with E-state index in [1.54, 1.807) is 18.9 Å². The van der Waals surface area contributed by atoms with Gasteiger partial charge in [-0.1, -0.05) is 60.3 Å². The molecule has 168 valence electrons. The maximum Gasteiger partial charge on any atom is 0.265 e. The SMILES string of the molecule is COc1ccc(C2=Nc3cc(C(=O)NNCc4ccccc4)ccc3Sc3ccccc32)cc1. The molecule has 0 unspecified atom stereocenters. The van der Waals surface area contributed by atoms with Crippen molar-refractivity contribution in [1.82, 2.24) is 10.9 Å². The zero-order valence-corrected chi connectivity index (χ0v) is 19.4. The number of hydrogen-bond donors (Lipinski definition) is 2.